The van der Waals surface area contributed by atoms with Gasteiger partial charge in [0.15, 0.2) is 11.8 Å². The average Bonchev–Trinajstić information content (AvgIpc) is 3.53. The number of carbonyl (C=O) groups is 2. The maximum Gasteiger partial charge on any atom is 0.332 e. The van der Waals surface area contributed by atoms with Gasteiger partial charge in [-0.15, -0.1) is 22.7 Å². The molecule has 1 saturated heterocycles. The second-order valence-corrected chi connectivity index (χ2v) is 10.5. The fourth-order valence-electron chi connectivity index (χ4n) is 4.01. The number of carbonyl (C=O) groups excluding carboxylic acids is 1. The fraction of sp³-hybridized carbons (Fsp3) is 0.391. The maximum absolute atomic E-state index is 13.9. The molecule has 0 aliphatic carbocycles. The number of ether oxygens (including phenoxy) is 2. The van der Waals surface area contributed by atoms with Gasteiger partial charge in [0.1, 0.15) is 10.8 Å². The first-order valence-corrected chi connectivity index (χ1v) is 12.1. The van der Waals surface area contributed by atoms with Crippen molar-refractivity contribution in [3.63, 3.8) is 0 Å². The molecule has 1 amide bonds. The molecule has 10 heteroatoms. The highest BCUT2D eigenvalue weighted by molar-refractivity contribution is 7.09. The number of thiazole rings is 2. The normalized spacial score (nSPS) is 20.7. The number of methoxy groups -OCH3 is 1. The van der Waals surface area contributed by atoms with Crippen molar-refractivity contribution in [1.29, 1.82) is 0 Å². The Hall–Kier alpha value is -2.82. The predicted molar refractivity (Wildman–Crippen MR) is 125 cm³/mol. The molecular formula is C23H25N3O5S2. The van der Waals surface area contributed by atoms with Crippen molar-refractivity contribution < 1.29 is 24.2 Å². The molecule has 1 aliphatic rings. The Morgan fingerprint density at radius 2 is 2.12 bits per heavy atom. The van der Waals surface area contributed by atoms with Crippen LogP contribution >= 0.6 is 22.7 Å². The van der Waals surface area contributed by atoms with Crippen molar-refractivity contribution in [2.45, 2.75) is 44.4 Å². The molecule has 2 atom stereocenters. The average molecular weight is 488 g/mol. The number of rotatable bonds is 6. The van der Waals surface area contributed by atoms with Crippen molar-refractivity contribution in [2.24, 2.45) is 0 Å². The Bertz CT molecular complexity index is 1140. The third-order valence-electron chi connectivity index (χ3n) is 5.67. The predicted octanol–water partition coefficient (Wildman–Crippen LogP) is 4.14. The summed E-state index contributed by atoms with van der Waals surface area (Å²) in [5, 5.41) is 14.4. The topological polar surface area (TPSA) is 102 Å². The van der Waals surface area contributed by atoms with E-state index >= 15 is 0 Å². The largest absolute Gasteiger partial charge is 0.496 e. The van der Waals surface area contributed by atoms with Gasteiger partial charge in [0.05, 0.1) is 24.9 Å². The summed E-state index contributed by atoms with van der Waals surface area (Å²) in [6.45, 7) is 6.00. The molecule has 1 aromatic carbocycles. The Kier molecular flexibility index (Phi) is 6.26. The highest BCUT2D eigenvalue weighted by atomic mass is 32.1. The second-order valence-electron chi connectivity index (χ2n) is 8.87. The van der Waals surface area contributed by atoms with Crippen molar-refractivity contribution in [1.82, 2.24) is 14.9 Å². The highest BCUT2D eigenvalue weighted by Crippen LogP contribution is 2.42. The van der Waals surface area contributed by atoms with Crippen LogP contribution in [0, 0.1) is 0 Å². The van der Waals surface area contributed by atoms with Gasteiger partial charge in [-0.1, -0.05) is 26.8 Å². The van der Waals surface area contributed by atoms with E-state index in [2.05, 4.69) is 30.7 Å². The van der Waals surface area contributed by atoms with Crippen LogP contribution in [0.25, 0.3) is 0 Å². The van der Waals surface area contributed by atoms with Gasteiger partial charge in [-0.25, -0.2) is 14.8 Å². The Morgan fingerprint density at radius 1 is 1.33 bits per heavy atom. The summed E-state index contributed by atoms with van der Waals surface area (Å²) >= 11 is 2.68. The zero-order valence-corrected chi connectivity index (χ0v) is 20.4. The van der Waals surface area contributed by atoms with E-state index in [9.17, 15) is 14.7 Å². The Morgan fingerprint density at radius 3 is 2.70 bits per heavy atom. The Balaban J connectivity index is 1.82. The first kappa shape index (κ1) is 23.3. The molecule has 174 valence electrons. The van der Waals surface area contributed by atoms with Gasteiger partial charge in [-0.05, 0) is 23.1 Å². The molecule has 1 N–H and O–H groups in total. The summed E-state index contributed by atoms with van der Waals surface area (Å²) in [7, 11) is 1.56. The molecule has 3 heterocycles. The minimum atomic E-state index is -1.63. The zero-order valence-electron chi connectivity index (χ0n) is 18.8. The molecular weight excluding hydrogens is 462 g/mol. The van der Waals surface area contributed by atoms with E-state index in [1.165, 1.54) is 27.6 Å². The number of carboxylic acids is 1. The lowest BCUT2D eigenvalue weighted by Gasteiger charge is -2.35. The molecule has 8 nitrogen and oxygen atoms in total. The van der Waals surface area contributed by atoms with Crippen LogP contribution in [-0.4, -0.2) is 51.1 Å². The first-order valence-electron chi connectivity index (χ1n) is 10.3. The molecule has 33 heavy (non-hydrogen) atoms. The number of hydrogen-bond acceptors (Lipinski definition) is 8. The van der Waals surface area contributed by atoms with E-state index in [0.29, 0.717) is 22.0 Å². The van der Waals surface area contributed by atoms with Gasteiger partial charge in [0.2, 0.25) is 0 Å². The molecule has 4 rings (SSSR count). The zero-order chi connectivity index (χ0) is 23.8. The van der Waals surface area contributed by atoms with E-state index < -0.39 is 23.6 Å². The van der Waals surface area contributed by atoms with Gasteiger partial charge in [0, 0.05) is 28.9 Å². The van der Waals surface area contributed by atoms with Gasteiger partial charge >= 0.3 is 5.97 Å². The molecule has 2 unspecified atom stereocenters. The quantitative estimate of drug-likeness (QED) is 0.557. The van der Waals surface area contributed by atoms with Crippen LogP contribution in [0.15, 0.2) is 40.7 Å². The van der Waals surface area contributed by atoms with Crippen molar-refractivity contribution >= 4 is 34.6 Å². The number of carboxylic acid groups (broad SMARTS) is 1. The van der Waals surface area contributed by atoms with Crippen LogP contribution in [-0.2, 0) is 21.4 Å². The summed E-state index contributed by atoms with van der Waals surface area (Å²) < 4.78 is 11.5. The lowest BCUT2D eigenvalue weighted by molar-refractivity contribution is -0.148. The summed E-state index contributed by atoms with van der Waals surface area (Å²) in [5.74, 6) is -1.05. The van der Waals surface area contributed by atoms with Gasteiger partial charge < -0.3 is 14.6 Å². The number of aliphatic carboxylic acids is 1. The molecule has 2 aromatic heterocycles. The first-order chi connectivity index (χ1) is 15.7. The lowest BCUT2D eigenvalue weighted by Crippen LogP contribution is -2.57. The van der Waals surface area contributed by atoms with Gasteiger partial charge in [-0.2, -0.15) is 0 Å². The number of benzene rings is 1. The number of aromatic nitrogens is 2. The number of hydrogen-bond donors (Lipinski definition) is 1. The van der Waals surface area contributed by atoms with Crippen LogP contribution in [0.2, 0.25) is 0 Å². The van der Waals surface area contributed by atoms with Crippen molar-refractivity contribution in [3.8, 4) is 5.75 Å². The highest BCUT2D eigenvalue weighted by Gasteiger charge is 2.57. The standard InChI is InChI=1S/C23H25N3O5S2/c1-22(2,3)16-6-5-14(9-17(16)30-4)19(27)26-20(18-24-7-8-33-18)31-12-23(26,21(28)29)10-15-11-32-13-25-15/h5-9,11,13,20H,10,12H2,1-4H3,(H,28,29). The van der Waals surface area contributed by atoms with Crippen molar-refractivity contribution in [2.75, 3.05) is 13.7 Å². The fourth-order valence-corrected chi connectivity index (χ4v) is 5.24. The molecule has 0 radical (unpaired) electrons. The molecule has 0 spiro atoms. The number of nitrogens with zero attached hydrogens (tertiary/aromatic N) is 3. The SMILES string of the molecule is COc1cc(C(=O)N2C(c3nccs3)OCC2(Cc2cscn2)C(=O)O)ccc1C(C)(C)C. The maximum atomic E-state index is 13.9. The van der Waals surface area contributed by atoms with Crippen LogP contribution in [0.4, 0.5) is 0 Å². The molecule has 0 saturated carbocycles. The molecule has 1 fully saturated rings. The van der Waals surface area contributed by atoms with E-state index in [0.717, 1.165) is 5.56 Å². The molecule has 0 bridgehead atoms. The van der Waals surface area contributed by atoms with Crippen LogP contribution in [0.5, 0.6) is 5.75 Å². The van der Waals surface area contributed by atoms with E-state index in [1.54, 1.807) is 41.7 Å². The molecule has 3 aromatic rings. The van der Waals surface area contributed by atoms with E-state index in [4.69, 9.17) is 9.47 Å². The number of amides is 1. The van der Waals surface area contributed by atoms with E-state index in [1.807, 2.05) is 6.07 Å². The van der Waals surface area contributed by atoms with Crippen LogP contribution < -0.4 is 4.74 Å². The summed E-state index contributed by atoms with van der Waals surface area (Å²) in [5.41, 5.74) is 1.67. The smallest absolute Gasteiger partial charge is 0.332 e. The van der Waals surface area contributed by atoms with Gasteiger partial charge in [0.25, 0.3) is 5.91 Å². The third-order valence-corrected chi connectivity index (χ3v) is 7.11. The van der Waals surface area contributed by atoms with Crippen molar-refractivity contribution in [3.05, 3.63) is 62.5 Å². The van der Waals surface area contributed by atoms with Crippen LogP contribution in [0.3, 0.4) is 0 Å². The molecule has 1 aliphatic heterocycles. The minimum absolute atomic E-state index is 0.0245. The van der Waals surface area contributed by atoms with E-state index in [-0.39, 0.29) is 18.4 Å². The summed E-state index contributed by atoms with van der Waals surface area (Å²) in [4.78, 5) is 36.5. The monoisotopic (exact) mass is 487 g/mol. The second kappa shape index (κ2) is 8.85. The van der Waals surface area contributed by atoms with Crippen LogP contribution in [0.1, 0.15) is 53.6 Å². The minimum Gasteiger partial charge on any atom is -0.496 e. The van der Waals surface area contributed by atoms with Gasteiger partial charge in [-0.3, -0.25) is 9.69 Å². The summed E-state index contributed by atoms with van der Waals surface area (Å²) in [6.07, 6.45) is 0.714. The summed E-state index contributed by atoms with van der Waals surface area (Å²) in [6, 6.07) is 5.22. The lowest BCUT2D eigenvalue weighted by atomic mass is 9.85. The Labute approximate surface area is 199 Å². The third kappa shape index (κ3) is 4.25.